The first-order valence-corrected chi connectivity index (χ1v) is 45.3. The molecule has 6 atom stereocenters. The molecular weight excluding hydrogens is 1590 g/mol. The van der Waals surface area contributed by atoms with E-state index in [0.717, 1.165) is 114 Å². The van der Waals surface area contributed by atoms with E-state index in [0.29, 0.717) is 135 Å². The van der Waals surface area contributed by atoms with Gasteiger partial charge in [-0.3, -0.25) is 52.9 Å². The van der Waals surface area contributed by atoms with Crippen LogP contribution in [-0.2, 0) is 87.3 Å². The summed E-state index contributed by atoms with van der Waals surface area (Å²) in [4.78, 5) is 153. The molecule has 0 unspecified atom stereocenters. The number of fused-ring (bicyclic) bond motifs is 1. The number of ether oxygens (including phenoxy) is 7. The van der Waals surface area contributed by atoms with E-state index < -0.39 is 35.5 Å². The minimum Gasteiger partial charge on any atom is -0.469 e. The summed E-state index contributed by atoms with van der Waals surface area (Å²) in [6.45, 7) is 6.79. The predicted octanol–water partition coefficient (Wildman–Crippen LogP) is 8.10. The number of hydrogen-bond donors (Lipinski definition) is 7. The van der Waals surface area contributed by atoms with Gasteiger partial charge < -0.3 is 90.0 Å². The fourth-order valence-corrected chi connectivity index (χ4v) is 19.0. The molecule has 2 aromatic heterocycles. The topological polar surface area (TPSA) is 371 Å². The molecule has 11 rings (SSSR count). The van der Waals surface area contributed by atoms with Crippen LogP contribution >= 0.6 is 0 Å². The number of amides is 9. The van der Waals surface area contributed by atoms with E-state index in [-0.39, 0.29) is 202 Å². The van der Waals surface area contributed by atoms with Gasteiger partial charge in [0.15, 0.2) is 0 Å². The number of hydrogen-bond acceptors (Lipinski definition) is 22. The third-order valence-electron chi connectivity index (χ3n) is 26.3. The molecule has 0 radical (unpaired) electrons. The minimum atomic E-state index is -4.57. The highest BCUT2D eigenvalue weighted by molar-refractivity contribution is 5.94. The number of aromatic nitrogens is 3. The summed E-state index contributed by atoms with van der Waals surface area (Å²) in [7, 11) is 5.19. The van der Waals surface area contributed by atoms with Gasteiger partial charge in [-0.05, 0) is 224 Å². The van der Waals surface area contributed by atoms with Gasteiger partial charge in [-0.25, -0.2) is 9.97 Å². The first kappa shape index (κ1) is 95.4. The molecule has 31 nitrogen and oxygen atoms in total. The van der Waals surface area contributed by atoms with Gasteiger partial charge >= 0.3 is 12.1 Å². The molecule has 2 aliphatic heterocycles. The van der Waals surface area contributed by atoms with Gasteiger partial charge in [0.25, 0.3) is 0 Å². The Morgan fingerprint density at radius 1 is 0.577 bits per heavy atom. The number of benzene rings is 1. The Balaban J connectivity index is 0.547. The number of anilines is 1. The van der Waals surface area contributed by atoms with Crippen molar-refractivity contribution >= 4 is 75.9 Å². The van der Waals surface area contributed by atoms with E-state index in [2.05, 4.69) is 78.0 Å². The summed E-state index contributed by atoms with van der Waals surface area (Å²) < 4.78 is 83.2. The number of rotatable bonds is 43. The van der Waals surface area contributed by atoms with Gasteiger partial charge in [0, 0.05) is 127 Å². The average Bonchev–Trinajstić information content (AvgIpc) is 1.71. The molecule has 7 N–H and O–H groups in total. The molecule has 6 aliphatic carbocycles. The lowest BCUT2D eigenvalue weighted by atomic mass is 9.82. The molecule has 8 fully saturated rings. The number of likely N-dealkylation sites (tertiary alicyclic amines) is 2. The predicted molar refractivity (Wildman–Crippen MR) is 449 cm³/mol. The summed E-state index contributed by atoms with van der Waals surface area (Å²) in [5.41, 5.74) is 0.297. The summed E-state index contributed by atoms with van der Waals surface area (Å²) in [5.74, 6) is -2.74. The molecule has 34 heteroatoms. The monoisotopic (exact) mass is 1730 g/mol. The molecule has 9 amide bonds. The number of halogens is 3. The Hall–Kier alpha value is -8.28. The Morgan fingerprint density at radius 2 is 1.09 bits per heavy atom. The normalized spacial score (nSPS) is 27.0. The Labute approximate surface area is 720 Å². The van der Waals surface area contributed by atoms with Crippen LogP contribution in [0.25, 0.3) is 10.9 Å². The molecular formula is C89H133F3N14O17. The maximum Gasteiger partial charge on any atom is 0.416 e. The fourth-order valence-electron chi connectivity index (χ4n) is 19.0. The van der Waals surface area contributed by atoms with Crippen molar-refractivity contribution in [1.29, 1.82) is 0 Å². The zero-order valence-electron chi connectivity index (χ0n) is 72.5. The van der Waals surface area contributed by atoms with Crippen molar-refractivity contribution in [2.75, 3.05) is 105 Å². The minimum absolute atomic E-state index is 0.000897. The molecule has 8 aliphatic rings. The van der Waals surface area contributed by atoms with Crippen molar-refractivity contribution in [3.05, 3.63) is 60.2 Å². The van der Waals surface area contributed by atoms with E-state index >= 15 is 0 Å². The van der Waals surface area contributed by atoms with Gasteiger partial charge in [0.1, 0.15) is 31.3 Å². The van der Waals surface area contributed by atoms with Gasteiger partial charge in [-0.15, -0.1) is 0 Å². The van der Waals surface area contributed by atoms with Crippen LogP contribution in [-0.4, -0.2) is 273 Å². The van der Waals surface area contributed by atoms with E-state index in [1.807, 2.05) is 11.0 Å². The lowest BCUT2D eigenvalue weighted by Gasteiger charge is -2.45. The molecule has 4 heterocycles. The quantitative estimate of drug-likeness (QED) is 0.0208. The van der Waals surface area contributed by atoms with E-state index in [4.69, 9.17) is 33.2 Å². The number of nitrogens with zero attached hydrogens (tertiary/aromatic N) is 7. The van der Waals surface area contributed by atoms with Crippen LogP contribution in [0.5, 0.6) is 0 Å². The first-order valence-electron chi connectivity index (χ1n) is 45.3. The summed E-state index contributed by atoms with van der Waals surface area (Å²) in [5, 5.41) is 21.7. The van der Waals surface area contributed by atoms with Crippen LogP contribution in [0.15, 0.2) is 49.1 Å². The fraction of sp³-hybridized carbons (Fsp3) is 0.742. The molecule has 1 aromatic carbocycles. The number of carbonyl (C=O) groups excluding carboxylic acids is 10. The van der Waals surface area contributed by atoms with E-state index in [9.17, 15) is 61.1 Å². The lowest BCUT2D eigenvalue weighted by molar-refractivity contribution is -0.146. The van der Waals surface area contributed by atoms with Gasteiger partial charge in [0.05, 0.1) is 105 Å². The smallest absolute Gasteiger partial charge is 0.416 e. The van der Waals surface area contributed by atoms with Gasteiger partial charge in [-0.2, -0.15) is 13.2 Å². The highest BCUT2D eigenvalue weighted by Crippen LogP contribution is 2.39. The third kappa shape index (κ3) is 29.1. The SMILES string of the molecule is COC(=O)C1CCC(NC(=O)CCCOC2CCC(OCCNC(=O)CN(CC(=O)NCCOC3CCC(OCCCC(=O)NC4CCC(C(=O)N[C@@H]5C[C@H](N(C)C(C)C)CC[C@@H]5N5CC[C@H](Nc6ncnc7ccc(C(F)(F)F)cc67)C5=O)CC4)CC3)C(=O)CCCOC3CCC(OCCNC(=O)[C@H]4CC(=O)N(C)[C@@H]4c4cccnc4)CC3)CC2)CC1. The van der Waals surface area contributed by atoms with Crippen LogP contribution in [0.4, 0.5) is 19.0 Å². The summed E-state index contributed by atoms with van der Waals surface area (Å²) in [6.07, 6.45) is 19.8. The number of methoxy groups -OCH3 is 1. The Kier molecular flexibility index (Phi) is 37.1. The van der Waals surface area contributed by atoms with Crippen LogP contribution in [0.3, 0.4) is 0 Å². The highest BCUT2D eigenvalue weighted by atomic mass is 19.4. The van der Waals surface area contributed by atoms with Crippen LogP contribution < -0.4 is 37.2 Å². The zero-order valence-corrected chi connectivity index (χ0v) is 72.5. The second kappa shape index (κ2) is 47.9. The molecule has 6 saturated carbocycles. The van der Waals surface area contributed by atoms with Crippen LogP contribution in [0.1, 0.15) is 230 Å². The lowest BCUT2D eigenvalue weighted by Crippen LogP contribution is -2.59. The van der Waals surface area contributed by atoms with Crippen molar-refractivity contribution < 1.29 is 94.3 Å². The van der Waals surface area contributed by atoms with Crippen molar-refractivity contribution in [3.8, 4) is 0 Å². The van der Waals surface area contributed by atoms with E-state index in [1.165, 1.54) is 24.4 Å². The van der Waals surface area contributed by atoms with Crippen molar-refractivity contribution in [3.63, 3.8) is 0 Å². The number of pyridine rings is 1. The number of carbonyl (C=O) groups is 10. The largest absolute Gasteiger partial charge is 0.469 e. The van der Waals surface area contributed by atoms with Crippen molar-refractivity contribution in [2.45, 2.75) is 304 Å². The number of alkyl halides is 3. The second-order valence-corrected chi connectivity index (χ2v) is 35.2. The molecule has 123 heavy (non-hydrogen) atoms. The van der Waals surface area contributed by atoms with Crippen molar-refractivity contribution in [1.82, 2.24) is 66.5 Å². The van der Waals surface area contributed by atoms with Crippen molar-refractivity contribution in [2.24, 2.45) is 17.8 Å². The maximum atomic E-state index is 14.2. The van der Waals surface area contributed by atoms with Gasteiger partial charge in [0.2, 0.25) is 53.2 Å². The molecule has 0 bridgehead atoms. The number of nitrogens with one attached hydrogen (secondary N) is 7. The Bertz CT molecular complexity index is 3910. The maximum absolute atomic E-state index is 14.2. The molecule has 3 aromatic rings. The van der Waals surface area contributed by atoms with Crippen LogP contribution in [0, 0.1) is 17.8 Å². The van der Waals surface area contributed by atoms with Gasteiger partial charge in [-0.1, -0.05) is 6.07 Å². The Morgan fingerprint density at radius 3 is 1.59 bits per heavy atom. The summed E-state index contributed by atoms with van der Waals surface area (Å²) in [6, 6.07) is 5.69. The standard InChI is InChI=1S/C89H133F3N14O17/c1-57(2)103(3)64-23-37-76(106-43-38-74(87(106)115)101-84-71-50-61(89(90,91)92)18-36-73(71)97-56-98-84)75(51-64)102-85(113)58-14-19-62(20-15-58)99-77(107)11-7-44-118-65-24-30-68(31-25-65)121-47-40-94-79(109)54-105(55-80(110)95-41-48-122-69-32-26-66(27-33-69)119-45-8-12-78(108)100-63-21-16-59(17-22-63)88(116)117-5)81(111)13-9-46-120-67-28-34-70(35-29-67)123-49-42-96-86(114)72-52-82(112)104(4)83(72)60-10-6-39-93-53-60/h6,10,18,36,39,50,53,56-59,62-70,72,74-76,83H,7-9,11-17,19-35,37-38,40-49,51-52,54-55H2,1-5H3,(H,94,109)(H,95,110)(H,96,114)(H,99,107)(H,100,108)(H,102,113)(H,97,98,101)/t58?,59?,62?,63?,64-,65?,66?,67?,68?,69?,70?,72+,74+,75-,76+,83-/m1/s1. The first-order chi connectivity index (χ1) is 59.3. The second-order valence-electron chi connectivity index (χ2n) is 35.2. The number of esters is 1. The summed E-state index contributed by atoms with van der Waals surface area (Å²) >= 11 is 0. The van der Waals surface area contributed by atoms with Crippen LogP contribution in [0.2, 0.25) is 0 Å². The van der Waals surface area contributed by atoms with E-state index in [1.54, 1.807) is 30.4 Å². The zero-order chi connectivity index (χ0) is 87.4. The molecule has 2 saturated heterocycles. The third-order valence-corrected chi connectivity index (χ3v) is 26.3. The molecule has 0 spiro atoms. The molecule has 682 valence electrons. The average molecular weight is 1730 g/mol. The highest BCUT2D eigenvalue weighted by Gasteiger charge is 2.46.